The Bertz CT molecular complexity index is 278. The topological polar surface area (TPSA) is 48.9 Å². The van der Waals surface area contributed by atoms with E-state index in [2.05, 4.69) is 40.6 Å². The molecule has 0 radical (unpaired) electrons. The number of thioether (sulfide) groups is 1. The second-order valence-corrected chi connectivity index (χ2v) is 6.24. The molecule has 0 aliphatic carbocycles. The third kappa shape index (κ3) is 6.01. The number of morpholine rings is 1. The molecule has 0 spiro atoms. The molecule has 6 heteroatoms. The Balaban J connectivity index is 2.35. The fraction of sp³-hybridized carbons (Fsp3) is 0.923. The smallest absolute Gasteiger partial charge is 0.191 e. The van der Waals surface area contributed by atoms with Gasteiger partial charge in [0.05, 0.1) is 13.2 Å². The molecule has 5 nitrogen and oxygen atoms in total. The van der Waals surface area contributed by atoms with Gasteiger partial charge in [0.25, 0.3) is 0 Å². The van der Waals surface area contributed by atoms with Gasteiger partial charge < -0.3 is 15.4 Å². The Morgan fingerprint density at radius 2 is 2.00 bits per heavy atom. The summed E-state index contributed by atoms with van der Waals surface area (Å²) in [6.07, 6.45) is 2.11. The predicted molar refractivity (Wildman–Crippen MR) is 84.2 cm³/mol. The lowest BCUT2D eigenvalue weighted by atomic mass is 10.0. The lowest BCUT2D eigenvalue weighted by Gasteiger charge is -2.41. The van der Waals surface area contributed by atoms with Crippen LogP contribution in [0.3, 0.4) is 0 Å². The molecule has 1 fully saturated rings. The molecule has 1 aliphatic heterocycles. The number of nitrogens with one attached hydrogen (secondary N) is 2. The molecule has 0 aromatic heterocycles. The van der Waals surface area contributed by atoms with Crippen LogP contribution in [0.1, 0.15) is 13.8 Å². The number of aliphatic imine (C=N–C) groups is 1. The van der Waals surface area contributed by atoms with Crippen LogP contribution in [-0.2, 0) is 4.74 Å². The number of ether oxygens (including phenoxy) is 1. The highest BCUT2D eigenvalue weighted by molar-refractivity contribution is 7.98. The first-order valence-corrected chi connectivity index (χ1v) is 8.26. The van der Waals surface area contributed by atoms with Crippen LogP contribution in [0.5, 0.6) is 0 Å². The monoisotopic (exact) mass is 288 g/mol. The molecule has 112 valence electrons. The highest BCUT2D eigenvalue weighted by atomic mass is 32.2. The third-order valence-electron chi connectivity index (χ3n) is 3.38. The SMILES string of the molecule is CN=C(NCCSC)NCC(C)(C)N1CCOCC1. The zero-order valence-corrected chi connectivity index (χ0v) is 13.5. The van der Waals surface area contributed by atoms with Gasteiger partial charge in [0.15, 0.2) is 5.96 Å². The Hall–Kier alpha value is -0.460. The van der Waals surface area contributed by atoms with Crippen molar-refractivity contribution in [3.05, 3.63) is 0 Å². The van der Waals surface area contributed by atoms with Crippen molar-refractivity contribution in [2.45, 2.75) is 19.4 Å². The lowest BCUT2D eigenvalue weighted by molar-refractivity contribution is -0.00833. The highest BCUT2D eigenvalue weighted by Crippen LogP contribution is 2.14. The average Bonchev–Trinajstić information content (AvgIpc) is 2.43. The molecule has 0 amide bonds. The molecule has 2 N–H and O–H groups in total. The summed E-state index contributed by atoms with van der Waals surface area (Å²) in [5, 5.41) is 6.73. The molecular weight excluding hydrogens is 260 g/mol. The summed E-state index contributed by atoms with van der Waals surface area (Å²) in [5.41, 5.74) is 0.112. The summed E-state index contributed by atoms with van der Waals surface area (Å²) in [5.74, 6) is 1.98. The molecule has 19 heavy (non-hydrogen) atoms. The Morgan fingerprint density at radius 3 is 2.58 bits per heavy atom. The van der Waals surface area contributed by atoms with Crippen LogP contribution in [0.25, 0.3) is 0 Å². The van der Waals surface area contributed by atoms with Gasteiger partial charge in [0.1, 0.15) is 0 Å². The van der Waals surface area contributed by atoms with Crippen LogP contribution in [-0.4, -0.2) is 74.8 Å². The van der Waals surface area contributed by atoms with Crippen molar-refractivity contribution in [3.8, 4) is 0 Å². The van der Waals surface area contributed by atoms with E-state index in [0.29, 0.717) is 0 Å². The normalized spacial score (nSPS) is 18.4. The maximum Gasteiger partial charge on any atom is 0.191 e. The molecule has 1 aliphatic rings. The molecule has 1 heterocycles. The van der Waals surface area contributed by atoms with Gasteiger partial charge >= 0.3 is 0 Å². The highest BCUT2D eigenvalue weighted by Gasteiger charge is 2.28. The van der Waals surface area contributed by atoms with Crippen LogP contribution in [0.15, 0.2) is 4.99 Å². The first kappa shape index (κ1) is 16.6. The molecular formula is C13H28N4OS. The van der Waals surface area contributed by atoms with Crippen LogP contribution in [0.2, 0.25) is 0 Å². The maximum atomic E-state index is 5.41. The zero-order valence-electron chi connectivity index (χ0n) is 12.7. The first-order chi connectivity index (χ1) is 9.10. The van der Waals surface area contributed by atoms with Gasteiger partial charge in [-0.15, -0.1) is 0 Å². The van der Waals surface area contributed by atoms with Crippen LogP contribution >= 0.6 is 11.8 Å². The van der Waals surface area contributed by atoms with Gasteiger partial charge in [0, 0.05) is 44.5 Å². The molecule has 0 aromatic carbocycles. The Labute approximate surface area is 121 Å². The van der Waals surface area contributed by atoms with Gasteiger partial charge in [-0.1, -0.05) is 0 Å². The average molecular weight is 288 g/mol. The summed E-state index contributed by atoms with van der Waals surface area (Å²) < 4.78 is 5.41. The molecule has 0 aromatic rings. The molecule has 0 unspecified atom stereocenters. The quantitative estimate of drug-likeness (QED) is 0.426. The second-order valence-electron chi connectivity index (χ2n) is 5.26. The molecule has 0 bridgehead atoms. The second kappa shape index (κ2) is 8.66. The van der Waals surface area contributed by atoms with E-state index in [1.54, 1.807) is 0 Å². The van der Waals surface area contributed by atoms with E-state index in [1.165, 1.54) is 0 Å². The standard InChI is InChI=1S/C13H28N4OS/c1-13(2,17-6-8-18-9-7-17)11-16-12(14-3)15-5-10-19-4/h5-11H2,1-4H3,(H2,14,15,16). The van der Waals surface area contributed by atoms with Gasteiger partial charge in [0.2, 0.25) is 0 Å². The van der Waals surface area contributed by atoms with E-state index in [1.807, 2.05) is 18.8 Å². The number of rotatable bonds is 6. The Morgan fingerprint density at radius 1 is 1.32 bits per heavy atom. The molecule has 0 atom stereocenters. The van der Waals surface area contributed by atoms with Gasteiger partial charge in [-0.3, -0.25) is 9.89 Å². The molecule has 1 rings (SSSR count). The van der Waals surface area contributed by atoms with Crippen LogP contribution < -0.4 is 10.6 Å². The minimum atomic E-state index is 0.112. The van der Waals surface area contributed by atoms with E-state index in [4.69, 9.17) is 4.74 Å². The van der Waals surface area contributed by atoms with E-state index in [9.17, 15) is 0 Å². The minimum absolute atomic E-state index is 0.112. The fourth-order valence-corrected chi connectivity index (χ4v) is 2.38. The largest absolute Gasteiger partial charge is 0.379 e. The first-order valence-electron chi connectivity index (χ1n) is 6.86. The van der Waals surface area contributed by atoms with Crippen molar-refractivity contribution in [2.75, 3.05) is 58.4 Å². The summed E-state index contributed by atoms with van der Waals surface area (Å²) >= 11 is 1.83. The zero-order chi connectivity index (χ0) is 14.1. The van der Waals surface area contributed by atoms with Crippen molar-refractivity contribution < 1.29 is 4.74 Å². The third-order valence-corrected chi connectivity index (χ3v) is 3.99. The predicted octanol–water partition coefficient (Wildman–Crippen LogP) is 0.625. The van der Waals surface area contributed by atoms with E-state index >= 15 is 0 Å². The number of hydrogen-bond acceptors (Lipinski definition) is 4. The Kier molecular flexibility index (Phi) is 7.56. The summed E-state index contributed by atoms with van der Waals surface area (Å²) in [6, 6.07) is 0. The van der Waals surface area contributed by atoms with E-state index < -0.39 is 0 Å². The van der Waals surface area contributed by atoms with E-state index in [0.717, 1.165) is 51.1 Å². The van der Waals surface area contributed by atoms with Gasteiger partial charge in [-0.25, -0.2) is 0 Å². The van der Waals surface area contributed by atoms with Crippen molar-refractivity contribution in [1.82, 2.24) is 15.5 Å². The summed E-state index contributed by atoms with van der Waals surface area (Å²) in [7, 11) is 1.82. The summed E-state index contributed by atoms with van der Waals surface area (Å²) in [4.78, 5) is 6.72. The van der Waals surface area contributed by atoms with Crippen molar-refractivity contribution in [1.29, 1.82) is 0 Å². The number of hydrogen-bond donors (Lipinski definition) is 2. The van der Waals surface area contributed by atoms with E-state index in [-0.39, 0.29) is 5.54 Å². The summed E-state index contributed by atoms with van der Waals surface area (Å²) in [6.45, 7) is 10.0. The maximum absolute atomic E-state index is 5.41. The fourth-order valence-electron chi connectivity index (χ4n) is 2.07. The molecule has 1 saturated heterocycles. The van der Waals surface area contributed by atoms with Crippen LogP contribution in [0, 0.1) is 0 Å². The van der Waals surface area contributed by atoms with Crippen LogP contribution in [0.4, 0.5) is 0 Å². The van der Waals surface area contributed by atoms with Crippen molar-refractivity contribution in [3.63, 3.8) is 0 Å². The number of nitrogens with zero attached hydrogens (tertiary/aromatic N) is 2. The van der Waals surface area contributed by atoms with Crippen molar-refractivity contribution >= 4 is 17.7 Å². The van der Waals surface area contributed by atoms with Gasteiger partial charge in [-0.2, -0.15) is 11.8 Å². The lowest BCUT2D eigenvalue weighted by Crippen LogP contribution is -2.56. The van der Waals surface area contributed by atoms with Gasteiger partial charge in [-0.05, 0) is 20.1 Å². The minimum Gasteiger partial charge on any atom is -0.379 e. The molecule has 0 saturated carbocycles. The number of guanidine groups is 1. The van der Waals surface area contributed by atoms with Crippen molar-refractivity contribution in [2.24, 2.45) is 4.99 Å².